The molecule has 1 aromatic rings. The van der Waals surface area contributed by atoms with Gasteiger partial charge in [0.1, 0.15) is 5.15 Å². The summed E-state index contributed by atoms with van der Waals surface area (Å²) >= 11 is 5.53. The summed E-state index contributed by atoms with van der Waals surface area (Å²) in [6, 6.07) is 1.83. The highest BCUT2D eigenvalue weighted by Crippen LogP contribution is 2.30. The predicted octanol–water partition coefficient (Wildman–Crippen LogP) is 3.05. The van der Waals surface area contributed by atoms with Crippen LogP contribution < -0.4 is 0 Å². The van der Waals surface area contributed by atoms with Crippen molar-refractivity contribution in [3.05, 3.63) is 28.0 Å². The average molecular weight is 217 g/mol. The van der Waals surface area contributed by atoms with Crippen LogP contribution in [0, 0.1) is 18.3 Å². The minimum Gasteiger partial charge on any atom is -0.244 e. The highest BCUT2D eigenvalue weighted by molar-refractivity contribution is 6.30. The molecule has 0 radical (unpaired) electrons. The highest BCUT2D eigenvalue weighted by Gasteiger charge is 2.19. The lowest BCUT2D eigenvalue weighted by molar-refractivity contribution is 0.150. The summed E-state index contributed by atoms with van der Waals surface area (Å²) in [7, 11) is 0. The number of aryl methyl sites for hydroxylation is 1. The molecule has 0 aliphatic heterocycles. The van der Waals surface area contributed by atoms with Gasteiger partial charge in [-0.3, -0.25) is 0 Å². The van der Waals surface area contributed by atoms with Gasteiger partial charge in [-0.1, -0.05) is 11.6 Å². The predicted molar refractivity (Wildman–Crippen MR) is 48.3 cm³/mol. The monoisotopic (exact) mass is 216 g/mol. The number of nitriles is 1. The van der Waals surface area contributed by atoms with Crippen molar-refractivity contribution in [3.63, 3.8) is 0 Å². The summed E-state index contributed by atoms with van der Waals surface area (Å²) in [5, 5.41) is 8.26. The molecule has 2 nitrogen and oxygen atoms in total. The van der Waals surface area contributed by atoms with E-state index in [2.05, 4.69) is 4.98 Å². The van der Waals surface area contributed by atoms with Crippen molar-refractivity contribution < 1.29 is 8.78 Å². The van der Waals surface area contributed by atoms with Gasteiger partial charge in [0.25, 0.3) is 6.43 Å². The Bertz CT molecular complexity index is 385. The van der Waals surface area contributed by atoms with E-state index in [0.717, 1.165) is 0 Å². The number of nitrogens with zero attached hydrogens (tertiary/aromatic N) is 2. The number of hydrogen-bond acceptors (Lipinski definition) is 2. The van der Waals surface area contributed by atoms with Crippen LogP contribution in [0.5, 0.6) is 0 Å². The first kappa shape index (κ1) is 10.9. The summed E-state index contributed by atoms with van der Waals surface area (Å²) in [5.41, 5.74) is 0.516. The first-order chi connectivity index (χ1) is 6.57. The van der Waals surface area contributed by atoms with Gasteiger partial charge in [-0.05, 0) is 18.1 Å². The summed E-state index contributed by atoms with van der Waals surface area (Å²) < 4.78 is 25.1. The maximum Gasteiger partial charge on any atom is 0.267 e. The van der Waals surface area contributed by atoms with E-state index in [1.54, 1.807) is 6.92 Å². The maximum atomic E-state index is 12.6. The topological polar surface area (TPSA) is 36.7 Å². The standard InChI is InChI=1S/C9H7ClF2N2/c1-5-4-14-8(10)7(9(11)12)6(5)2-3-13/h4,9H,2H2,1H3. The quantitative estimate of drug-likeness (QED) is 0.713. The molecule has 74 valence electrons. The molecule has 0 N–H and O–H groups in total. The summed E-state index contributed by atoms with van der Waals surface area (Å²) in [6.45, 7) is 1.63. The zero-order chi connectivity index (χ0) is 10.7. The molecule has 0 saturated heterocycles. The molecule has 0 saturated carbocycles. The molecule has 0 fully saturated rings. The zero-order valence-corrected chi connectivity index (χ0v) is 8.15. The van der Waals surface area contributed by atoms with E-state index in [4.69, 9.17) is 16.9 Å². The van der Waals surface area contributed by atoms with Gasteiger partial charge in [-0.2, -0.15) is 5.26 Å². The van der Waals surface area contributed by atoms with Crippen molar-refractivity contribution in [3.8, 4) is 6.07 Å². The minimum absolute atomic E-state index is 0.0756. The smallest absolute Gasteiger partial charge is 0.244 e. The van der Waals surface area contributed by atoms with Gasteiger partial charge in [0.2, 0.25) is 0 Å². The van der Waals surface area contributed by atoms with Crippen LogP contribution in [0.4, 0.5) is 8.78 Å². The Balaban J connectivity index is 3.35. The molecule has 0 amide bonds. The van der Waals surface area contributed by atoms with E-state index in [1.165, 1.54) is 6.20 Å². The van der Waals surface area contributed by atoms with Gasteiger partial charge in [-0.25, -0.2) is 13.8 Å². The molecule has 1 aromatic heterocycles. The van der Waals surface area contributed by atoms with Gasteiger partial charge in [0.15, 0.2) is 0 Å². The van der Waals surface area contributed by atoms with E-state index in [0.29, 0.717) is 5.56 Å². The van der Waals surface area contributed by atoms with Crippen molar-refractivity contribution >= 4 is 11.6 Å². The Kier molecular flexibility index (Phi) is 3.37. The van der Waals surface area contributed by atoms with Gasteiger partial charge < -0.3 is 0 Å². The van der Waals surface area contributed by atoms with Gasteiger partial charge in [0.05, 0.1) is 18.1 Å². The number of hydrogen-bond donors (Lipinski definition) is 0. The largest absolute Gasteiger partial charge is 0.267 e. The summed E-state index contributed by atoms with van der Waals surface area (Å²) in [6.07, 6.45) is -1.38. The molecule has 0 aliphatic rings. The Morgan fingerprint density at radius 1 is 1.64 bits per heavy atom. The van der Waals surface area contributed by atoms with E-state index in [1.807, 2.05) is 6.07 Å². The number of halogens is 3. The molecule has 5 heteroatoms. The van der Waals surface area contributed by atoms with E-state index < -0.39 is 6.43 Å². The van der Waals surface area contributed by atoms with Crippen molar-refractivity contribution in [2.75, 3.05) is 0 Å². The Morgan fingerprint density at radius 3 is 2.79 bits per heavy atom. The van der Waals surface area contributed by atoms with Crippen LogP contribution in [0.1, 0.15) is 23.1 Å². The maximum absolute atomic E-state index is 12.6. The van der Waals surface area contributed by atoms with Gasteiger partial charge in [-0.15, -0.1) is 0 Å². The fraction of sp³-hybridized carbons (Fsp3) is 0.333. The van der Waals surface area contributed by atoms with E-state index >= 15 is 0 Å². The van der Waals surface area contributed by atoms with E-state index in [9.17, 15) is 8.78 Å². The van der Waals surface area contributed by atoms with Crippen molar-refractivity contribution in [2.45, 2.75) is 19.8 Å². The third-order valence-electron chi connectivity index (χ3n) is 1.87. The molecular formula is C9H7ClF2N2. The number of rotatable bonds is 2. The normalized spacial score (nSPS) is 10.3. The first-order valence-electron chi connectivity index (χ1n) is 3.87. The molecular weight excluding hydrogens is 210 g/mol. The van der Waals surface area contributed by atoms with Gasteiger partial charge >= 0.3 is 0 Å². The summed E-state index contributed by atoms with van der Waals surface area (Å²) in [5.74, 6) is 0. The van der Waals surface area contributed by atoms with Crippen molar-refractivity contribution in [1.82, 2.24) is 4.98 Å². The lowest BCUT2D eigenvalue weighted by atomic mass is 10.0. The summed E-state index contributed by atoms with van der Waals surface area (Å²) in [4.78, 5) is 3.62. The molecule has 14 heavy (non-hydrogen) atoms. The SMILES string of the molecule is Cc1cnc(Cl)c(C(F)F)c1CC#N. The second-order valence-electron chi connectivity index (χ2n) is 2.76. The molecule has 0 bridgehead atoms. The number of alkyl halides is 2. The van der Waals surface area contributed by atoms with Crippen molar-refractivity contribution in [2.24, 2.45) is 0 Å². The van der Waals surface area contributed by atoms with Crippen LogP contribution in [0.25, 0.3) is 0 Å². The molecule has 0 spiro atoms. The Labute approximate surface area is 85.1 Å². The lowest BCUT2D eigenvalue weighted by Gasteiger charge is -2.09. The fourth-order valence-corrected chi connectivity index (χ4v) is 1.42. The van der Waals surface area contributed by atoms with Gasteiger partial charge in [0, 0.05) is 6.20 Å². The number of aromatic nitrogens is 1. The van der Waals surface area contributed by atoms with Crippen LogP contribution in [0.15, 0.2) is 6.20 Å². The first-order valence-corrected chi connectivity index (χ1v) is 4.24. The second-order valence-corrected chi connectivity index (χ2v) is 3.12. The molecule has 1 heterocycles. The fourth-order valence-electron chi connectivity index (χ4n) is 1.17. The lowest BCUT2D eigenvalue weighted by Crippen LogP contribution is -2.00. The third-order valence-corrected chi connectivity index (χ3v) is 2.17. The molecule has 0 aromatic carbocycles. The van der Waals surface area contributed by atoms with Crippen LogP contribution >= 0.6 is 11.6 Å². The minimum atomic E-state index is -2.70. The third kappa shape index (κ3) is 1.99. The van der Waals surface area contributed by atoms with E-state index in [-0.39, 0.29) is 22.7 Å². The average Bonchev–Trinajstić information content (AvgIpc) is 2.11. The zero-order valence-electron chi connectivity index (χ0n) is 7.39. The Hall–Kier alpha value is -1.21. The van der Waals surface area contributed by atoms with Crippen LogP contribution in [-0.2, 0) is 6.42 Å². The molecule has 0 unspecified atom stereocenters. The number of pyridine rings is 1. The Morgan fingerprint density at radius 2 is 2.29 bits per heavy atom. The molecule has 0 aliphatic carbocycles. The molecule has 1 rings (SSSR count). The van der Waals surface area contributed by atoms with Crippen LogP contribution in [-0.4, -0.2) is 4.98 Å². The van der Waals surface area contributed by atoms with Crippen molar-refractivity contribution in [1.29, 1.82) is 5.26 Å². The van der Waals surface area contributed by atoms with Crippen LogP contribution in [0.3, 0.4) is 0 Å². The molecule has 0 atom stereocenters. The van der Waals surface area contributed by atoms with Crippen LogP contribution in [0.2, 0.25) is 5.15 Å². The highest BCUT2D eigenvalue weighted by atomic mass is 35.5. The second kappa shape index (κ2) is 4.34.